The van der Waals surface area contributed by atoms with Gasteiger partial charge in [-0.25, -0.2) is 25.5 Å². The molecule has 9 nitrogen and oxygen atoms in total. The zero-order chi connectivity index (χ0) is 27.3. The average Bonchev–Trinajstić information content (AvgIpc) is 3.45. The molecule has 1 N–H and O–H groups in total. The van der Waals surface area contributed by atoms with Crippen molar-refractivity contribution in [3.63, 3.8) is 0 Å². The lowest BCUT2D eigenvalue weighted by atomic mass is 9.97. The number of hydrogen-bond donors (Lipinski definition) is 1. The molecule has 38 heavy (non-hydrogen) atoms. The fourth-order valence-corrected chi connectivity index (χ4v) is 8.05. The molecule has 0 spiro atoms. The van der Waals surface area contributed by atoms with Crippen LogP contribution in [-0.2, 0) is 30.6 Å². The van der Waals surface area contributed by atoms with Gasteiger partial charge in [-0.2, -0.15) is 4.31 Å². The number of sulfonamides is 2. The van der Waals surface area contributed by atoms with Crippen LogP contribution in [-0.4, -0.2) is 70.7 Å². The zero-order valence-corrected chi connectivity index (χ0v) is 23.2. The Balaban J connectivity index is 1.19. The van der Waals surface area contributed by atoms with Crippen molar-refractivity contribution < 1.29 is 30.8 Å². The van der Waals surface area contributed by atoms with Crippen molar-refractivity contribution in [1.82, 2.24) is 13.9 Å². The van der Waals surface area contributed by atoms with Crippen molar-refractivity contribution >= 4 is 37.6 Å². The van der Waals surface area contributed by atoms with Gasteiger partial charge < -0.3 is 10.1 Å². The first-order valence-electron chi connectivity index (χ1n) is 12.5. The summed E-state index contributed by atoms with van der Waals surface area (Å²) in [5.41, 5.74) is -0.0584. The Morgan fingerprint density at radius 2 is 1.63 bits per heavy atom. The van der Waals surface area contributed by atoms with Gasteiger partial charge in [0.05, 0.1) is 17.2 Å². The summed E-state index contributed by atoms with van der Waals surface area (Å²) in [5, 5.41) is 2.87. The minimum Gasteiger partial charge on any atom is -0.492 e. The van der Waals surface area contributed by atoms with E-state index in [1.807, 2.05) is 0 Å². The van der Waals surface area contributed by atoms with E-state index in [0.717, 1.165) is 12.8 Å². The third kappa shape index (κ3) is 6.84. The molecule has 4 rings (SSSR count). The maximum absolute atomic E-state index is 14.0. The van der Waals surface area contributed by atoms with E-state index in [9.17, 15) is 26.0 Å². The van der Waals surface area contributed by atoms with Gasteiger partial charge in [-0.15, -0.1) is 0 Å². The molecule has 0 saturated carbocycles. The second kappa shape index (κ2) is 12.3. The van der Waals surface area contributed by atoms with Crippen LogP contribution in [0.25, 0.3) is 0 Å². The highest BCUT2D eigenvalue weighted by Crippen LogP contribution is 2.26. The molecule has 1 amide bonds. The number of hydrogen-bond acceptors (Lipinski definition) is 6. The molecular formula is C25H31ClFN3O6S2. The molecule has 0 aromatic heterocycles. The van der Waals surface area contributed by atoms with Crippen molar-refractivity contribution in [1.29, 1.82) is 0 Å². The van der Waals surface area contributed by atoms with Crippen LogP contribution in [0.2, 0.25) is 5.02 Å². The van der Waals surface area contributed by atoms with Crippen molar-refractivity contribution in [3.8, 4) is 5.75 Å². The van der Waals surface area contributed by atoms with Crippen molar-refractivity contribution in [2.45, 2.75) is 36.3 Å². The molecule has 0 radical (unpaired) electrons. The van der Waals surface area contributed by atoms with Gasteiger partial charge in [0.15, 0.2) is 0 Å². The molecule has 0 aliphatic carbocycles. The molecule has 0 unspecified atom stereocenters. The fraction of sp³-hybridized carbons (Fsp3) is 0.480. The first-order valence-corrected chi connectivity index (χ1v) is 15.9. The molecule has 208 valence electrons. The number of amides is 1. The van der Waals surface area contributed by atoms with E-state index in [1.165, 1.54) is 38.9 Å². The molecule has 0 bridgehead atoms. The number of benzene rings is 2. The molecule has 13 heteroatoms. The number of rotatable bonds is 10. The second-order valence-corrected chi connectivity index (χ2v) is 13.7. The third-order valence-corrected chi connectivity index (χ3v) is 10.9. The van der Waals surface area contributed by atoms with Gasteiger partial charge in [-0.3, -0.25) is 4.79 Å². The summed E-state index contributed by atoms with van der Waals surface area (Å²) in [6, 6.07) is 10.3. The van der Waals surface area contributed by atoms with Crippen LogP contribution in [0.4, 0.5) is 4.39 Å². The molecule has 2 saturated heterocycles. The number of piperidine rings is 1. The number of nitrogens with one attached hydrogen (secondary N) is 1. The van der Waals surface area contributed by atoms with Gasteiger partial charge in [0.2, 0.25) is 26.0 Å². The Morgan fingerprint density at radius 3 is 2.26 bits per heavy atom. The lowest BCUT2D eigenvalue weighted by Gasteiger charge is -2.30. The standard InChI is InChI=1S/C25H31ClFN3O6S2/c26-23-4-3-5-24(27)22(23)18-37(32,33)29-15-10-19(11-16-29)25(31)28-12-17-36-20-6-8-21(9-7-20)38(34,35)30-13-1-2-14-30/h3-9,19H,1-2,10-18H2,(H,28,31). The van der Waals surface area contributed by atoms with E-state index in [1.54, 1.807) is 12.1 Å². The van der Waals surface area contributed by atoms with Gasteiger partial charge in [-0.05, 0) is 62.1 Å². The summed E-state index contributed by atoms with van der Waals surface area (Å²) in [5.74, 6) is -1.23. The first-order chi connectivity index (χ1) is 18.1. The molecule has 2 aliphatic heterocycles. The minimum absolute atomic E-state index is 0.0584. The zero-order valence-electron chi connectivity index (χ0n) is 20.8. The van der Waals surface area contributed by atoms with Crippen LogP contribution in [0.15, 0.2) is 47.4 Å². The van der Waals surface area contributed by atoms with Crippen LogP contribution >= 0.6 is 11.6 Å². The predicted octanol–water partition coefficient (Wildman–Crippen LogP) is 3.00. The number of nitrogens with zero attached hydrogens (tertiary/aromatic N) is 2. The highest BCUT2D eigenvalue weighted by molar-refractivity contribution is 7.89. The Bertz CT molecular complexity index is 1320. The summed E-state index contributed by atoms with van der Waals surface area (Å²) >= 11 is 5.98. The smallest absolute Gasteiger partial charge is 0.243 e. The monoisotopic (exact) mass is 587 g/mol. The van der Waals surface area contributed by atoms with Crippen LogP contribution in [0, 0.1) is 11.7 Å². The average molecular weight is 588 g/mol. The SMILES string of the molecule is O=C(NCCOc1ccc(S(=O)(=O)N2CCCC2)cc1)C1CCN(S(=O)(=O)Cc2c(F)cccc2Cl)CC1. The topological polar surface area (TPSA) is 113 Å². The van der Waals surface area contributed by atoms with Crippen molar-refractivity contribution in [2.75, 3.05) is 39.3 Å². The van der Waals surface area contributed by atoms with Crippen LogP contribution < -0.4 is 10.1 Å². The summed E-state index contributed by atoms with van der Waals surface area (Å²) < 4.78 is 73.2. The molecule has 2 aromatic carbocycles. The van der Waals surface area contributed by atoms with Crippen molar-refractivity contribution in [3.05, 3.63) is 58.9 Å². The number of ether oxygens (including phenoxy) is 1. The van der Waals surface area contributed by atoms with E-state index < -0.39 is 31.6 Å². The van der Waals surface area contributed by atoms with Crippen LogP contribution in [0.5, 0.6) is 5.75 Å². The summed E-state index contributed by atoms with van der Waals surface area (Å²) in [6.07, 6.45) is 2.44. The maximum atomic E-state index is 14.0. The third-order valence-electron chi connectivity index (χ3n) is 6.80. The number of halogens is 2. The molecular weight excluding hydrogens is 557 g/mol. The van der Waals surface area contributed by atoms with Gasteiger partial charge in [0, 0.05) is 42.7 Å². The summed E-state index contributed by atoms with van der Waals surface area (Å²) in [7, 11) is -7.26. The maximum Gasteiger partial charge on any atom is 0.243 e. The van der Waals surface area contributed by atoms with Gasteiger partial charge >= 0.3 is 0 Å². The second-order valence-electron chi connectivity index (χ2n) is 9.35. The number of carbonyl (C=O) groups excluding carboxylic acids is 1. The quantitative estimate of drug-likeness (QED) is 0.428. The highest BCUT2D eigenvalue weighted by atomic mass is 35.5. The van der Waals surface area contributed by atoms with E-state index in [0.29, 0.717) is 31.7 Å². The Labute approximate surface area is 228 Å². The van der Waals surface area contributed by atoms with Gasteiger partial charge in [0.1, 0.15) is 18.2 Å². The Kier molecular flexibility index (Phi) is 9.30. The van der Waals surface area contributed by atoms with Gasteiger partial charge in [0.25, 0.3) is 0 Å². The largest absolute Gasteiger partial charge is 0.492 e. The van der Waals surface area contributed by atoms with E-state index >= 15 is 0 Å². The molecule has 2 heterocycles. The highest BCUT2D eigenvalue weighted by Gasteiger charge is 2.32. The molecule has 2 aromatic rings. The van der Waals surface area contributed by atoms with Crippen LogP contribution in [0.1, 0.15) is 31.2 Å². The van der Waals surface area contributed by atoms with E-state index in [4.69, 9.17) is 16.3 Å². The lowest BCUT2D eigenvalue weighted by Crippen LogP contribution is -2.44. The van der Waals surface area contributed by atoms with Crippen LogP contribution in [0.3, 0.4) is 0 Å². The predicted molar refractivity (Wildman–Crippen MR) is 141 cm³/mol. The summed E-state index contributed by atoms with van der Waals surface area (Å²) in [4.78, 5) is 12.8. The first kappa shape index (κ1) is 28.8. The number of carbonyl (C=O) groups is 1. The lowest BCUT2D eigenvalue weighted by molar-refractivity contribution is -0.126. The molecule has 0 atom stereocenters. The molecule has 2 fully saturated rings. The minimum atomic E-state index is -3.78. The van der Waals surface area contributed by atoms with E-state index in [2.05, 4.69) is 5.32 Å². The van der Waals surface area contributed by atoms with Gasteiger partial charge in [-0.1, -0.05) is 17.7 Å². The fourth-order valence-electron chi connectivity index (χ4n) is 4.61. The Morgan fingerprint density at radius 1 is 0.974 bits per heavy atom. The normalized spacial score (nSPS) is 17.9. The van der Waals surface area contributed by atoms with E-state index in [-0.39, 0.29) is 53.5 Å². The van der Waals surface area contributed by atoms with Crippen molar-refractivity contribution in [2.24, 2.45) is 5.92 Å². The molecule has 2 aliphatic rings. The summed E-state index contributed by atoms with van der Waals surface area (Å²) in [6.45, 7) is 1.85. The Hall–Kier alpha value is -2.25.